The average Bonchev–Trinajstić information content (AvgIpc) is 3.47. The molecule has 1 fully saturated rings. The molecule has 0 aromatic heterocycles. The number of carbonyl (C=O) groups excluding carboxylic acids is 1. The van der Waals surface area contributed by atoms with Crippen LogP contribution in [0.5, 0.6) is 0 Å². The number of hydrogen-bond acceptors (Lipinski definition) is 10. The number of aliphatic hydroxyl groups excluding tert-OH is 7. The van der Waals surface area contributed by atoms with E-state index in [1.807, 2.05) is 0 Å². The topological polar surface area (TPSA) is 189 Å². The lowest BCUT2D eigenvalue weighted by Crippen LogP contribution is -2.60. The van der Waals surface area contributed by atoms with Gasteiger partial charge < -0.3 is 50.5 Å². The number of carbonyl (C=O) groups is 1. The van der Waals surface area contributed by atoms with Crippen molar-refractivity contribution in [2.45, 2.75) is 422 Å². The molecule has 478 valence electrons. The summed E-state index contributed by atoms with van der Waals surface area (Å²) in [5.41, 5.74) is 0. The van der Waals surface area contributed by atoms with Gasteiger partial charge in [0.1, 0.15) is 36.6 Å². The Hall–Kier alpha value is -0.890. The van der Waals surface area contributed by atoms with E-state index >= 15 is 0 Å². The molecule has 80 heavy (non-hydrogen) atoms. The van der Waals surface area contributed by atoms with Gasteiger partial charge in [-0.15, -0.1) is 0 Å². The Labute approximate surface area is 494 Å². The van der Waals surface area contributed by atoms with Gasteiger partial charge in [0.2, 0.25) is 5.91 Å². The van der Waals surface area contributed by atoms with E-state index in [1.54, 1.807) is 0 Å². The number of unbranched alkanes of at least 4 members (excludes halogenated alkanes) is 51. The van der Waals surface area contributed by atoms with Crippen LogP contribution in [0, 0.1) is 0 Å². The number of amides is 1. The fraction of sp³-hybridized carbons (Fsp3) is 0.986. The minimum absolute atomic E-state index is 0.268. The number of ether oxygens (including phenoxy) is 2. The third kappa shape index (κ3) is 45.5. The minimum Gasteiger partial charge on any atom is -0.394 e. The molecule has 1 aliphatic rings. The van der Waals surface area contributed by atoms with Crippen LogP contribution in [0.3, 0.4) is 0 Å². The van der Waals surface area contributed by atoms with E-state index < -0.39 is 74.2 Å². The fourth-order valence-corrected chi connectivity index (χ4v) is 12.0. The zero-order chi connectivity index (χ0) is 58.2. The third-order valence-electron chi connectivity index (χ3n) is 17.7. The molecule has 0 bridgehead atoms. The van der Waals surface area contributed by atoms with Crippen molar-refractivity contribution in [2.75, 3.05) is 13.2 Å². The maximum atomic E-state index is 13.3. The summed E-state index contributed by atoms with van der Waals surface area (Å²) in [6.07, 6.45) is 59.0. The van der Waals surface area contributed by atoms with Crippen LogP contribution in [0.25, 0.3) is 0 Å². The van der Waals surface area contributed by atoms with Crippen molar-refractivity contribution in [3.05, 3.63) is 0 Å². The summed E-state index contributed by atoms with van der Waals surface area (Å²) in [5.74, 6) is -0.686. The van der Waals surface area contributed by atoms with Gasteiger partial charge >= 0.3 is 0 Å². The van der Waals surface area contributed by atoms with E-state index in [9.17, 15) is 40.5 Å². The van der Waals surface area contributed by atoms with E-state index in [1.165, 1.54) is 289 Å². The summed E-state index contributed by atoms with van der Waals surface area (Å²) in [7, 11) is 0. The summed E-state index contributed by atoms with van der Waals surface area (Å²) in [5, 5.41) is 76.6. The second-order valence-corrected chi connectivity index (χ2v) is 25.3. The molecule has 11 heteroatoms. The quantitative estimate of drug-likeness (QED) is 0.0272. The first-order chi connectivity index (χ1) is 39.2. The highest BCUT2D eigenvalue weighted by Gasteiger charge is 2.44. The van der Waals surface area contributed by atoms with Crippen LogP contribution in [-0.2, 0) is 14.3 Å². The van der Waals surface area contributed by atoms with E-state index in [4.69, 9.17) is 9.47 Å². The van der Waals surface area contributed by atoms with E-state index in [0.29, 0.717) is 19.3 Å². The molecule has 1 amide bonds. The first kappa shape index (κ1) is 77.1. The van der Waals surface area contributed by atoms with Crippen molar-refractivity contribution in [1.82, 2.24) is 5.32 Å². The van der Waals surface area contributed by atoms with Crippen molar-refractivity contribution in [3.8, 4) is 0 Å². The Morgan fingerprint density at radius 1 is 0.388 bits per heavy atom. The number of hydrogen-bond donors (Lipinski definition) is 8. The zero-order valence-electron chi connectivity index (χ0n) is 52.9. The Balaban J connectivity index is 2.18. The number of aliphatic hydroxyl groups is 7. The second-order valence-electron chi connectivity index (χ2n) is 25.3. The van der Waals surface area contributed by atoms with Gasteiger partial charge in [-0.05, 0) is 12.8 Å². The Bertz CT molecular complexity index is 1260. The van der Waals surface area contributed by atoms with Gasteiger partial charge in [-0.3, -0.25) is 4.79 Å². The molecule has 0 aromatic rings. The van der Waals surface area contributed by atoms with Crippen LogP contribution in [0.15, 0.2) is 0 Å². The first-order valence-corrected chi connectivity index (χ1v) is 35.4. The molecule has 1 saturated heterocycles. The van der Waals surface area contributed by atoms with Gasteiger partial charge in [-0.1, -0.05) is 354 Å². The maximum absolute atomic E-state index is 13.3. The van der Waals surface area contributed by atoms with Gasteiger partial charge in [-0.25, -0.2) is 0 Å². The molecule has 9 unspecified atom stereocenters. The Morgan fingerprint density at radius 3 is 0.925 bits per heavy atom. The maximum Gasteiger partial charge on any atom is 0.249 e. The van der Waals surface area contributed by atoms with Crippen molar-refractivity contribution in [1.29, 1.82) is 0 Å². The van der Waals surface area contributed by atoms with E-state index in [0.717, 1.165) is 38.5 Å². The van der Waals surface area contributed by atoms with Crippen molar-refractivity contribution in [3.63, 3.8) is 0 Å². The SMILES string of the molecule is CCCCCCCCCCCCCCCCCCCCCCCCCCCCCCC(O)C(=O)NC(COC1OC(CO)C(O)C(O)C1O)C(O)C(O)CCCCCCCCCCCCCCCCCCCCCCCCCCC. The lowest BCUT2D eigenvalue weighted by Gasteiger charge is -2.40. The highest BCUT2D eigenvalue weighted by Crippen LogP contribution is 2.24. The molecule has 9 atom stereocenters. The fourth-order valence-electron chi connectivity index (χ4n) is 12.0. The third-order valence-corrected chi connectivity index (χ3v) is 17.7. The summed E-state index contributed by atoms with van der Waals surface area (Å²) in [6, 6.07) is -1.16. The Kier molecular flexibility index (Phi) is 56.4. The second kappa shape index (κ2) is 58.5. The normalized spacial score (nSPS) is 19.1. The molecule has 1 rings (SSSR count). The van der Waals surface area contributed by atoms with Crippen LogP contribution in [0.2, 0.25) is 0 Å². The summed E-state index contributed by atoms with van der Waals surface area (Å²) in [6.45, 7) is 3.53. The summed E-state index contributed by atoms with van der Waals surface area (Å²) < 4.78 is 11.2. The number of rotatable bonds is 63. The highest BCUT2D eigenvalue weighted by molar-refractivity contribution is 5.80. The molecule has 0 radical (unpaired) electrons. The number of nitrogens with one attached hydrogen (secondary N) is 1. The summed E-state index contributed by atoms with van der Waals surface area (Å²) in [4.78, 5) is 13.3. The van der Waals surface area contributed by atoms with Crippen molar-refractivity contribution in [2.24, 2.45) is 0 Å². The van der Waals surface area contributed by atoms with Crippen LogP contribution >= 0.6 is 0 Å². The lowest BCUT2D eigenvalue weighted by atomic mass is 9.98. The van der Waals surface area contributed by atoms with Gasteiger partial charge in [0.25, 0.3) is 0 Å². The largest absolute Gasteiger partial charge is 0.394 e. The molecule has 0 saturated carbocycles. The molecular formula is C69H137NO10. The van der Waals surface area contributed by atoms with Crippen LogP contribution in [0.4, 0.5) is 0 Å². The molecule has 0 aliphatic carbocycles. The average molecular weight is 1140 g/mol. The van der Waals surface area contributed by atoms with Crippen LogP contribution < -0.4 is 5.32 Å². The lowest BCUT2D eigenvalue weighted by molar-refractivity contribution is -0.303. The molecule has 0 spiro atoms. The van der Waals surface area contributed by atoms with Crippen LogP contribution in [-0.4, -0.2) is 110 Å². The van der Waals surface area contributed by atoms with Gasteiger partial charge in [0.05, 0.1) is 25.4 Å². The van der Waals surface area contributed by atoms with Crippen LogP contribution in [0.1, 0.15) is 367 Å². The predicted molar refractivity (Wildman–Crippen MR) is 335 cm³/mol. The molecule has 1 heterocycles. The van der Waals surface area contributed by atoms with Crippen molar-refractivity contribution >= 4 is 5.91 Å². The monoisotopic (exact) mass is 1140 g/mol. The smallest absolute Gasteiger partial charge is 0.249 e. The molecular weight excluding hydrogens is 1000 g/mol. The van der Waals surface area contributed by atoms with Gasteiger partial charge in [0.15, 0.2) is 6.29 Å². The van der Waals surface area contributed by atoms with E-state index in [2.05, 4.69) is 19.2 Å². The van der Waals surface area contributed by atoms with Gasteiger partial charge in [0, 0.05) is 0 Å². The molecule has 8 N–H and O–H groups in total. The first-order valence-electron chi connectivity index (χ1n) is 35.4. The van der Waals surface area contributed by atoms with Crippen molar-refractivity contribution < 1.29 is 50.0 Å². The summed E-state index contributed by atoms with van der Waals surface area (Å²) >= 11 is 0. The Morgan fingerprint density at radius 2 is 0.650 bits per heavy atom. The van der Waals surface area contributed by atoms with E-state index in [-0.39, 0.29) is 6.42 Å². The van der Waals surface area contributed by atoms with Gasteiger partial charge in [-0.2, -0.15) is 0 Å². The predicted octanol–water partition coefficient (Wildman–Crippen LogP) is 16.9. The molecule has 0 aromatic carbocycles. The zero-order valence-corrected chi connectivity index (χ0v) is 52.9. The molecule has 11 nitrogen and oxygen atoms in total. The minimum atomic E-state index is -1.66. The highest BCUT2D eigenvalue weighted by atomic mass is 16.7. The molecule has 1 aliphatic heterocycles. The standard InChI is InChI=1S/C69H137NO10/c1-3-5-7-9-11-13-15-17-19-21-23-25-27-29-30-31-33-35-37-39-41-43-45-47-49-51-53-55-57-62(73)68(78)70-60(59-79-69-67(77)66(76)65(75)63(58-71)80-69)64(74)61(72)56-54-52-50-48-46-44-42-40-38-36-34-32-28-26-24-22-20-18-16-14-12-10-8-6-4-2/h60-67,69,71-77H,3-59H2,1-2H3,(H,70,78).